The molecule has 0 spiro atoms. The molecule has 0 fully saturated rings. The van der Waals surface area contributed by atoms with E-state index in [-0.39, 0.29) is 6.07 Å². The number of rotatable bonds is 1. The maximum absolute atomic E-state index is 12.6. The lowest BCUT2D eigenvalue weighted by molar-refractivity contribution is -0.163. The largest absolute Gasteiger partial charge is 0.418 e. The topological polar surface area (TPSA) is 23.8 Å². The summed E-state index contributed by atoms with van der Waals surface area (Å²) in [6.07, 6.45) is -15.0. The summed E-state index contributed by atoms with van der Waals surface area (Å²) in [5.41, 5.74) is -8.07. The van der Waals surface area contributed by atoms with Crippen LogP contribution in [0.15, 0.2) is 12.1 Å². The third kappa shape index (κ3) is 2.94. The Labute approximate surface area is 101 Å². The Balaban J connectivity index is 3.84. The molecule has 0 atom stereocenters. The molecule has 19 heavy (non-hydrogen) atoms. The van der Waals surface area contributed by atoms with Gasteiger partial charge in [0.25, 0.3) is 6.43 Å². The van der Waals surface area contributed by atoms with E-state index in [1.165, 1.54) is 0 Å². The molecule has 0 bridgehead atoms. The predicted molar refractivity (Wildman–Crippen MR) is 46.1 cm³/mol. The van der Waals surface area contributed by atoms with E-state index in [0.29, 0.717) is 6.07 Å². The zero-order valence-corrected chi connectivity index (χ0v) is 8.70. The minimum absolute atomic E-state index is 0.168. The van der Waals surface area contributed by atoms with Crippen LogP contribution in [0, 0.1) is 11.3 Å². The second-order valence-corrected chi connectivity index (χ2v) is 3.36. The normalized spacial score (nSPS) is 12.6. The van der Waals surface area contributed by atoms with Gasteiger partial charge in [0.15, 0.2) is 0 Å². The molecule has 0 amide bonds. The molecule has 1 aromatic carbocycles. The Kier molecular flexibility index (Phi) is 3.74. The Morgan fingerprint density at radius 1 is 0.895 bits per heavy atom. The van der Waals surface area contributed by atoms with Crippen molar-refractivity contribution in [3.63, 3.8) is 0 Å². The van der Waals surface area contributed by atoms with Gasteiger partial charge < -0.3 is 0 Å². The first-order valence-electron chi connectivity index (χ1n) is 4.49. The molecule has 104 valence electrons. The van der Waals surface area contributed by atoms with Crippen molar-refractivity contribution in [2.45, 2.75) is 18.8 Å². The van der Waals surface area contributed by atoms with Crippen molar-refractivity contribution in [3.8, 4) is 6.07 Å². The molecule has 0 radical (unpaired) electrons. The number of alkyl halides is 8. The molecule has 0 aliphatic heterocycles. The summed E-state index contributed by atoms with van der Waals surface area (Å²) < 4.78 is 100. The highest BCUT2D eigenvalue weighted by molar-refractivity contribution is 5.50. The third-order valence-electron chi connectivity index (χ3n) is 2.16. The van der Waals surface area contributed by atoms with E-state index in [9.17, 15) is 35.1 Å². The van der Waals surface area contributed by atoms with Crippen LogP contribution in [0.1, 0.15) is 28.7 Å². The van der Waals surface area contributed by atoms with Crippen molar-refractivity contribution in [3.05, 3.63) is 34.4 Å². The van der Waals surface area contributed by atoms with Crippen LogP contribution in [0.2, 0.25) is 0 Å². The quantitative estimate of drug-likeness (QED) is 0.697. The minimum Gasteiger partial charge on any atom is -0.205 e. The van der Waals surface area contributed by atoms with Crippen LogP contribution in [-0.2, 0) is 12.4 Å². The van der Waals surface area contributed by atoms with E-state index in [2.05, 4.69) is 0 Å². The highest BCUT2D eigenvalue weighted by Crippen LogP contribution is 2.45. The summed E-state index contributed by atoms with van der Waals surface area (Å²) in [5.74, 6) is 0. The Bertz CT molecular complexity index is 520. The highest BCUT2D eigenvalue weighted by Gasteiger charge is 2.47. The van der Waals surface area contributed by atoms with Gasteiger partial charge in [0, 0.05) is 5.56 Å². The van der Waals surface area contributed by atoms with Crippen molar-refractivity contribution >= 4 is 0 Å². The van der Waals surface area contributed by atoms with Crippen LogP contribution in [-0.4, -0.2) is 0 Å². The molecule has 9 heteroatoms. The lowest BCUT2D eigenvalue weighted by Gasteiger charge is -2.19. The van der Waals surface area contributed by atoms with Crippen LogP contribution in [0.5, 0.6) is 0 Å². The van der Waals surface area contributed by atoms with Gasteiger partial charge in [-0.25, -0.2) is 8.78 Å². The fourth-order valence-electron chi connectivity index (χ4n) is 1.49. The average molecular weight is 289 g/mol. The maximum atomic E-state index is 12.6. The van der Waals surface area contributed by atoms with Gasteiger partial charge in [-0.05, 0) is 6.07 Å². The van der Waals surface area contributed by atoms with Gasteiger partial charge >= 0.3 is 12.4 Å². The van der Waals surface area contributed by atoms with Gasteiger partial charge in [-0.15, -0.1) is 0 Å². The van der Waals surface area contributed by atoms with Gasteiger partial charge in [0.05, 0.1) is 22.8 Å². The van der Waals surface area contributed by atoms with Crippen molar-refractivity contribution in [2.75, 3.05) is 0 Å². The lowest BCUT2D eigenvalue weighted by Crippen LogP contribution is -2.21. The van der Waals surface area contributed by atoms with E-state index < -0.39 is 41.0 Å². The van der Waals surface area contributed by atoms with E-state index in [4.69, 9.17) is 5.26 Å². The van der Waals surface area contributed by atoms with Crippen molar-refractivity contribution < 1.29 is 35.1 Å². The third-order valence-corrected chi connectivity index (χ3v) is 2.16. The molecule has 0 aliphatic rings. The van der Waals surface area contributed by atoms with Crippen LogP contribution < -0.4 is 0 Å². The van der Waals surface area contributed by atoms with Gasteiger partial charge in [-0.2, -0.15) is 31.6 Å². The number of hydrogen-bond acceptors (Lipinski definition) is 1. The van der Waals surface area contributed by atoms with E-state index in [1.807, 2.05) is 0 Å². The molecular weight excluding hydrogens is 286 g/mol. The van der Waals surface area contributed by atoms with E-state index >= 15 is 0 Å². The first-order chi connectivity index (χ1) is 8.50. The van der Waals surface area contributed by atoms with Gasteiger partial charge in [0.1, 0.15) is 0 Å². The first kappa shape index (κ1) is 15.2. The molecule has 0 saturated heterocycles. The Hall–Kier alpha value is -1.85. The Morgan fingerprint density at radius 3 is 1.68 bits per heavy atom. The molecule has 0 heterocycles. The minimum atomic E-state index is -5.65. The second kappa shape index (κ2) is 4.68. The summed E-state index contributed by atoms with van der Waals surface area (Å²) in [7, 11) is 0. The number of nitrogens with zero attached hydrogens (tertiary/aromatic N) is 1. The van der Waals surface area contributed by atoms with Crippen molar-refractivity contribution in [2.24, 2.45) is 0 Å². The smallest absolute Gasteiger partial charge is 0.205 e. The summed E-state index contributed by atoms with van der Waals surface area (Å²) in [4.78, 5) is 0. The van der Waals surface area contributed by atoms with Crippen molar-refractivity contribution in [1.29, 1.82) is 5.26 Å². The summed E-state index contributed by atoms with van der Waals surface area (Å²) in [6.45, 7) is 0. The molecule has 1 aromatic rings. The SMILES string of the molecule is N#Cc1ccc(C(F)F)c(C(F)(F)F)c1C(F)(F)F. The van der Waals surface area contributed by atoms with E-state index in [0.717, 1.165) is 6.07 Å². The monoisotopic (exact) mass is 289 g/mol. The fraction of sp³-hybridized carbons (Fsp3) is 0.300. The first-order valence-corrected chi connectivity index (χ1v) is 4.49. The molecular formula is C10H3F8N. The van der Waals surface area contributed by atoms with E-state index in [1.54, 1.807) is 0 Å². The number of benzene rings is 1. The van der Waals surface area contributed by atoms with Crippen LogP contribution in [0.25, 0.3) is 0 Å². The summed E-state index contributed by atoms with van der Waals surface area (Å²) in [6, 6.07) is 1.38. The van der Waals surface area contributed by atoms with Gasteiger partial charge in [-0.3, -0.25) is 0 Å². The predicted octanol–water partition coefficient (Wildman–Crippen LogP) is 4.53. The highest BCUT2D eigenvalue weighted by atomic mass is 19.4. The molecule has 0 saturated carbocycles. The van der Waals surface area contributed by atoms with Crippen molar-refractivity contribution in [1.82, 2.24) is 0 Å². The molecule has 1 rings (SSSR count). The molecule has 0 unspecified atom stereocenters. The van der Waals surface area contributed by atoms with Gasteiger partial charge in [0.2, 0.25) is 0 Å². The van der Waals surface area contributed by atoms with Crippen LogP contribution in [0.3, 0.4) is 0 Å². The molecule has 0 aliphatic carbocycles. The maximum Gasteiger partial charge on any atom is 0.418 e. The second-order valence-electron chi connectivity index (χ2n) is 3.36. The average Bonchev–Trinajstić information content (AvgIpc) is 2.24. The summed E-state index contributed by atoms with van der Waals surface area (Å²) in [5, 5.41) is 8.40. The van der Waals surface area contributed by atoms with Crippen LogP contribution >= 0.6 is 0 Å². The molecule has 0 N–H and O–H groups in total. The Morgan fingerprint density at radius 2 is 1.37 bits per heavy atom. The number of nitriles is 1. The fourth-order valence-corrected chi connectivity index (χ4v) is 1.49. The zero-order valence-electron chi connectivity index (χ0n) is 8.70. The van der Waals surface area contributed by atoms with Gasteiger partial charge in [-0.1, -0.05) is 6.07 Å². The number of halogens is 8. The molecule has 1 nitrogen and oxygen atoms in total. The molecule has 0 aromatic heterocycles. The van der Waals surface area contributed by atoms with Crippen LogP contribution in [0.4, 0.5) is 35.1 Å². The summed E-state index contributed by atoms with van der Waals surface area (Å²) >= 11 is 0. The number of hydrogen-bond donors (Lipinski definition) is 0. The lowest BCUT2D eigenvalue weighted by atomic mass is 9.95. The standard InChI is InChI=1S/C10H3F8N/c11-8(12)5-2-1-4(3-19)6(9(13,14)15)7(5)10(16,17)18/h1-2,8H. The zero-order chi connectivity index (χ0) is 15.0.